The van der Waals surface area contributed by atoms with E-state index in [1.54, 1.807) is 12.1 Å². The summed E-state index contributed by atoms with van der Waals surface area (Å²) in [7, 11) is -3.47. The van der Waals surface area contributed by atoms with Crippen LogP contribution in [0.3, 0.4) is 0 Å². The van der Waals surface area contributed by atoms with Crippen LogP contribution < -0.4 is 0 Å². The lowest BCUT2D eigenvalue weighted by atomic mass is 9.90. The molecule has 1 aromatic rings. The van der Waals surface area contributed by atoms with Crippen LogP contribution >= 0.6 is 0 Å². The van der Waals surface area contributed by atoms with Gasteiger partial charge in [-0.25, -0.2) is 13.2 Å². The van der Waals surface area contributed by atoms with Gasteiger partial charge in [-0.1, -0.05) is 18.2 Å². The zero-order valence-corrected chi connectivity index (χ0v) is 11.6. The summed E-state index contributed by atoms with van der Waals surface area (Å²) in [5.41, 5.74) is -1.49. The maximum absolute atomic E-state index is 12.0. The number of hydrogen-bond acceptors (Lipinski definition) is 5. The van der Waals surface area contributed by atoms with E-state index in [2.05, 4.69) is 0 Å². The number of carboxylic acids is 1. The third-order valence-electron chi connectivity index (χ3n) is 3.38. The van der Waals surface area contributed by atoms with Crippen molar-refractivity contribution in [1.29, 1.82) is 0 Å². The zero-order valence-electron chi connectivity index (χ0n) is 10.8. The van der Waals surface area contributed by atoms with Crippen molar-refractivity contribution in [2.45, 2.75) is 23.3 Å². The summed E-state index contributed by atoms with van der Waals surface area (Å²) < 4.78 is 29.5. The molecule has 2 N–H and O–H groups in total. The summed E-state index contributed by atoms with van der Waals surface area (Å²) in [6, 6.07) is 6.02. The van der Waals surface area contributed by atoms with Crippen LogP contribution in [0.25, 0.3) is 0 Å². The molecule has 1 unspecified atom stereocenters. The Morgan fingerprint density at radius 1 is 1.35 bits per heavy atom. The van der Waals surface area contributed by atoms with Gasteiger partial charge in [-0.2, -0.15) is 0 Å². The van der Waals surface area contributed by atoms with Crippen LogP contribution in [0.4, 0.5) is 0 Å². The molecule has 7 heteroatoms. The molecule has 0 bridgehead atoms. The Morgan fingerprint density at radius 2 is 2.05 bits per heavy atom. The lowest BCUT2D eigenvalue weighted by Crippen LogP contribution is -2.44. The van der Waals surface area contributed by atoms with Crippen molar-refractivity contribution in [2.75, 3.05) is 19.0 Å². The Hall–Kier alpha value is -1.44. The van der Waals surface area contributed by atoms with E-state index in [0.717, 1.165) is 0 Å². The third-order valence-corrected chi connectivity index (χ3v) is 5.14. The molecule has 6 nitrogen and oxygen atoms in total. The second-order valence-electron chi connectivity index (χ2n) is 4.62. The number of fused-ring (bicyclic) bond motifs is 1. The molecule has 0 aliphatic carbocycles. The minimum Gasteiger partial charge on any atom is -0.479 e. The average molecular weight is 300 g/mol. The monoisotopic (exact) mass is 300 g/mol. The molecule has 1 heterocycles. The quantitative estimate of drug-likeness (QED) is 0.770. The van der Waals surface area contributed by atoms with Gasteiger partial charge in [0.15, 0.2) is 15.4 Å². The number of sulfone groups is 1. The van der Waals surface area contributed by atoms with Crippen LogP contribution in [0, 0.1) is 0 Å². The van der Waals surface area contributed by atoms with E-state index < -0.39 is 21.4 Å². The normalized spacial score (nSPS) is 24.1. The van der Waals surface area contributed by atoms with Gasteiger partial charge in [-0.05, 0) is 12.5 Å². The van der Waals surface area contributed by atoms with E-state index >= 15 is 0 Å². The van der Waals surface area contributed by atoms with E-state index in [9.17, 15) is 18.3 Å². The van der Waals surface area contributed by atoms with Gasteiger partial charge in [0.2, 0.25) is 0 Å². The van der Waals surface area contributed by atoms with E-state index in [4.69, 9.17) is 9.84 Å². The Balaban J connectivity index is 2.51. The average Bonchev–Trinajstić information content (AvgIpc) is 2.42. The molecular weight excluding hydrogens is 284 g/mol. The van der Waals surface area contributed by atoms with Crippen LogP contribution in [0.15, 0.2) is 29.2 Å². The summed E-state index contributed by atoms with van der Waals surface area (Å²) in [5.74, 6) is -1.48. The van der Waals surface area contributed by atoms with Crippen molar-refractivity contribution < 1.29 is 28.2 Å². The standard InChI is InChI=1S/C13H16O6S/c14-7-3-8-19-13(12(15)16)6-9-20(17,18)11-5-2-1-4-10(11)13/h1-2,4-5,14H,3,6-9H2,(H,15,16). The van der Waals surface area contributed by atoms with Gasteiger partial charge in [0, 0.05) is 18.6 Å². The topological polar surface area (TPSA) is 101 Å². The summed E-state index contributed by atoms with van der Waals surface area (Å²) in [4.78, 5) is 11.7. The van der Waals surface area contributed by atoms with Gasteiger partial charge in [-0.3, -0.25) is 0 Å². The van der Waals surface area contributed by atoms with Crippen LogP contribution in [0.1, 0.15) is 18.4 Å². The Bertz CT molecular complexity index is 609. The van der Waals surface area contributed by atoms with Gasteiger partial charge in [0.1, 0.15) is 0 Å². The second-order valence-corrected chi connectivity index (χ2v) is 6.70. The molecule has 1 aliphatic rings. The Labute approximate surface area is 116 Å². The highest BCUT2D eigenvalue weighted by atomic mass is 32.2. The summed E-state index contributed by atoms with van der Waals surface area (Å²) >= 11 is 0. The van der Waals surface area contributed by atoms with Gasteiger partial charge in [0.25, 0.3) is 0 Å². The molecule has 0 amide bonds. The first-order valence-corrected chi connectivity index (χ1v) is 7.90. The molecule has 1 aliphatic heterocycles. The van der Waals surface area contributed by atoms with E-state index in [-0.39, 0.29) is 35.8 Å². The fourth-order valence-electron chi connectivity index (χ4n) is 2.34. The lowest BCUT2D eigenvalue weighted by Gasteiger charge is -2.34. The summed E-state index contributed by atoms with van der Waals surface area (Å²) in [5, 5.41) is 18.3. The number of ether oxygens (including phenoxy) is 1. The molecule has 110 valence electrons. The number of aliphatic hydroxyl groups is 1. The van der Waals surface area contributed by atoms with Crippen molar-refractivity contribution in [3.8, 4) is 0 Å². The highest BCUT2D eigenvalue weighted by Gasteiger charge is 2.48. The fourth-order valence-corrected chi connectivity index (χ4v) is 3.97. The van der Waals surface area contributed by atoms with Gasteiger partial charge in [-0.15, -0.1) is 0 Å². The highest BCUT2D eigenvalue weighted by Crippen LogP contribution is 2.40. The smallest absolute Gasteiger partial charge is 0.340 e. The van der Waals surface area contributed by atoms with Crippen molar-refractivity contribution in [3.05, 3.63) is 29.8 Å². The Kier molecular flexibility index (Phi) is 4.12. The first-order chi connectivity index (χ1) is 9.44. The minimum atomic E-state index is -3.47. The van der Waals surface area contributed by atoms with Crippen molar-refractivity contribution >= 4 is 15.8 Å². The molecule has 0 spiro atoms. The van der Waals surface area contributed by atoms with Crippen LogP contribution in [-0.2, 0) is 25.0 Å². The van der Waals surface area contributed by atoms with Crippen molar-refractivity contribution in [1.82, 2.24) is 0 Å². The molecule has 0 fully saturated rings. The Morgan fingerprint density at radius 3 is 2.70 bits per heavy atom. The lowest BCUT2D eigenvalue weighted by molar-refractivity contribution is -0.169. The number of aliphatic carboxylic acids is 1. The molecule has 0 saturated heterocycles. The number of aliphatic hydroxyl groups excluding tert-OH is 1. The maximum atomic E-state index is 12.0. The number of carbonyl (C=O) groups is 1. The minimum absolute atomic E-state index is 0.0117. The van der Waals surface area contributed by atoms with E-state index in [1.165, 1.54) is 12.1 Å². The predicted octanol–water partition coefficient (Wildman–Crippen LogP) is 0.543. The molecule has 1 aromatic carbocycles. The zero-order chi connectivity index (χ0) is 14.8. The number of benzene rings is 1. The third kappa shape index (κ3) is 2.44. The first kappa shape index (κ1) is 15.0. The predicted molar refractivity (Wildman–Crippen MR) is 70.1 cm³/mol. The van der Waals surface area contributed by atoms with Gasteiger partial charge in [0.05, 0.1) is 17.3 Å². The molecule has 2 rings (SSSR count). The van der Waals surface area contributed by atoms with Gasteiger partial charge >= 0.3 is 5.97 Å². The first-order valence-electron chi connectivity index (χ1n) is 6.24. The van der Waals surface area contributed by atoms with Crippen LogP contribution in [0.2, 0.25) is 0 Å². The fraction of sp³-hybridized carbons (Fsp3) is 0.462. The highest BCUT2D eigenvalue weighted by molar-refractivity contribution is 7.91. The summed E-state index contributed by atoms with van der Waals surface area (Å²) in [6.45, 7) is -0.0627. The van der Waals surface area contributed by atoms with E-state index in [1.807, 2.05) is 0 Å². The second kappa shape index (κ2) is 5.51. The maximum Gasteiger partial charge on any atom is 0.340 e. The molecular formula is C13H16O6S. The van der Waals surface area contributed by atoms with Crippen molar-refractivity contribution in [3.63, 3.8) is 0 Å². The molecule has 0 saturated carbocycles. The molecule has 0 radical (unpaired) electrons. The van der Waals surface area contributed by atoms with Crippen LogP contribution in [-0.4, -0.2) is 43.6 Å². The summed E-state index contributed by atoms with van der Waals surface area (Å²) in [6.07, 6.45) is 0.164. The van der Waals surface area contributed by atoms with E-state index in [0.29, 0.717) is 6.42 Å². The SMILES string of the molecule is O=C(O)C1(OCCCO)CCS(=O)(=O)c2ccccc21. The largest absolute Gasteiger partial charge is 0.479 e. The van der Waals surface area contributed by atoms with Gasteiger partial charge < -0.3 is 14.9 Å². The number of carboxylic acid groups (broad SMARTS) is 1. The molecule has 1 atom stereocenters. The molecule has 0 aromatic heterocycles. The number of hydrogen-bond donors (Lipinski definition) is 2. The number of rotatable bonds is 5. The molecule has 20 heavy (non-hydrogen) atoms. The van der Waals surface area contributed by atoms with Crippen LogP contribution in [0.5, 0.6) is 0 Å². The van der Waals surface area contributed by atoms with Crippen molar-refractivity contribution in [2.24, 2.45) is 0 Å².